The summed E-state index contributed by atoms with van der Waals surface area (Å²) in [5, 5.41) is 7.42. The first kappa shape index (κ1) is 21.5. The number of hydrogen-bond acceptors (Lipinski definition) is 9. The number of benzene rings is 1. The van der Waals surface area contributed by atoms with Crippen molar-refractivity contribution >= 4 is 18.4 Å². The van der Waals surface area contributed by atoms with Crippen LogP contribution in [0.5, 0.6) is 11.5 Å². The summed E-state index contributed by atoms with van der Waals surface area (Å²) < 4.78 is 16.3. The molecular weight excluding hydrogens is 432 g/mol. The Morgan fingerprint density at radius 2 is 1.94 bits per heavy atom. The Hall–Kier alpha value is -3.72. The largest absolute Gasteiger partial charge is 0.454 e. The van der Waals surface area contributed by atoms with Gasteiger partial charge in [0, 0.05) is 37.1 Å². The summed E-state index contributed by atoms with van der Waals surface area (Å²) in [6.45, 7) is 4.70. The molecule has 32 heavy (non-hydrogen) atoms. The Bertz CT molecular complexity index is 1230. The molecule has 0 bridgehead atoms. The molecule has 0 saturated carbocycles. The van der Waals surface area contributed by atoms with Gasteiger partial charge in [0.15, 0.2) is 11.5 Å². The smallest absolute Gasteiger partial charge is 0.231 e. The van der Waals surface area contributed by atoms with E-state index in [4.69, 9.17) is 19.0 Å². The number of hydrogen-bond donors (Lipinski definition) is 1. The SMILES string of the molecule is CCc1onc(C)c1-c1nc(NCc2ccc3c(c2)OCO3)ncc1-c1cnccn1.Cl. The van der Waals surface area contributed by atoms with Gasteiger partial charge in [-0.1, -0.05) is 18.1 Å². The normalized spacial score (nSPS) is 11.8. The van der Waals surface area contributed by atoms with E-state index in [0.29, 0.717) is 30.3 Å². The fourth-order valence-electron chi connectivity index (χ4n) is 3.48. The Morgan fingerprint density at radius 1 is 1.06 bits per heavy atom. The molecule has 10 heteroatoms. The van der Waals surface area contributed by atoms with Crippen LogP contribution < -0.4 is 14.8 Å². The van der Waals surface area contributed by atoms with E-state index in [0.717, 1.165) is 39.6 Å². The molecule has 1 aliphatic heterocycles. The van der Waals surface area contributed by atoms with E-state index in [1.165, 1.54) is 0 Å². The van der Waals surface area contributed by atoms with Crippen molar-refractivity contribution in [2.75, 3.05) is 12.1 Å². The summed E-state index contributed by atoms with van der Waals surface area (Å²) >= 11 is 0. The van der Waals surface area contributed by atoms with Gasteiger partial charge in [-0.2, -0.15) is 0 Å². The predicted molar refractivity (Wildman–Crippen MR) is 120 cm³/mol. The number of fused-ring (bicyclic) bond motifs is 1. The minimum atomic E-state index is 0. The van der Waals surface area contributed by atoms with Gasteiger partial charge < -0.3 is 19.3 Å². The molecule has 0 radical (unpaired) electrons. The predicted octanol–water partition coefficient (Wildman–Crippen LogP) is 4.22. The molecule has 0 fully saturated rings. The lowest BCUT2D eigenvalue weighted by Crippen LogP contribution is -2.06. The number of halogens is 1. The third kappa shape index (κ3) is 4.06. The molecule has 0 amide bonds. The fourth-order valence-corrected chi connectivity index (χ4v) is 3.48. The molecule has 0 aliphatic carbocycles. The van der Waals surface area contributed by atoms with Crippen molar-refractivity contribution in [3.63, 3.8) is 0 Å². The summed E-state index contributed by atoms with van der Waals surface area (Å²) in [7, 11) is 0. The van der Waals surface area contributed by atoms with E-state index in [9.17, 15) is 0 Å². The van der Waals surface area contributed by atoms with E-state index >= 15 is 0 Å². The van der Waals surface area contributed by atoms with Crippen molar-refractivity contribution in [3.8, 4) is 34.0 Å². The van der Waals surface area contributed by atoms with Crippen molar-refractivity contribution in [2.24, 2.45) is 0 Å². The monoisotopic (exact) mass is 452 g/mol. The van der Waals surface area contributed by atoms with Crippen LogP contribution >= 0.6 is 12.4 Å². The van der Waals surface area contributed by atoms with E-state index < -0.39 is 0 Å². The van der Waals surface area contributed by atoms with Gasteiger partial charge in [0.1, 0.15) is 5.76 Å². The maximum absolute atomic E-state index is 5.51. The highest BCUT2D eigenvalue weighted by molar-refractivity contribution is 5.85. The maximum atomic E-state index is 5.51. The Morgan fingerprint density at radius 3 is 2.75 bits per heavy atom. The Labute approximate surface area is 190 Å². The number of nitrogens with zero attached hydrogens (tertiary/aromatic N) is 5. The zero-order valence-corrected chi connectivity index (χ0v) is 18.3. The fraction of sp³-hybridized carbons (Fsp3) is 0.227. The summed E-state index contributed by atoms with van der Waals surface area (Å²) in [6, 6.07) is 5.83. The molecule has 1 N–H and O–H groups in total. The van der Waals surface area contributed by atoms with Crippen LogP contribution in [0.3, 0.4) is 0 Å². The molecule has 0 saturated heterocycles. The maximum Gasteiger partial charge on any atom is 0.231 e. The second-order valence-electron chi connectivity index (χ2n) is 7.01. The van der Waals surface area contributed by atoms with Crippen molar-refractivity contribution in [1.82, 2.24) is 25.1 Å². The standard InChI is InChI=1S/C22H20N6O3.ClH/c1-3-17-20(13(2)28-31-17)21-15(16-11-23-6-7-24-16)10-26-22(27-21)25-9-14-4-5-18-19(8-14)30-12-29-18;/h4-8,10-11H,3,9,12H2,1-2H3,(H,25,26,27);1H. The highest BCUT2D eigenvalue weighted by atomic mass is 35.5. The second kappa shape index (κ2) is 9.19. The molecular formula is C22H21ClN6O3. The van der Waals surface area contributed by atoms with Gasteiger partial charge in [-0.05, 0) is 24.6 Å². The van der Waals surface area contributed by atoms with Gasteiger partial charge in [0.2, 0.25) is 12.7 Å². The van der Waals surface area contributed by atoms with Gasteiger partial charge >= 0.3 is 0 Å². The van der Waals surface area contributed by atoms with E-state index in [1.807, 2.05) is 32.0 Å². The minimum Gasteiger partial charge on any atom is -0.454 e. The Balaban J connectivity index is 0.00000245. The highest BCUT2D eigenvalue weighted by Crippen LogP contribution is 2.35. The minimum absolute atomic E-state index is 0. The van der Waals surface area contributed by atoms with Crippen molar-refractivity contribution in [1.29, 1.82) is 0 Å². The quantitative estimate of drug-likeness (QED) is 0.459. The number of aryl methyl sites for hydroxylation is 2. The molecule has 5 rings (SSSR count). The van der Waals surface area contributed by atoms with Crippen LogP contribution in [0.25, 0.3) is 22.5 Å². The molecule has 0 spiro atoms. The lowest BCUT2D eigenvalue weighted by molar-refractivity contribution is 0.174. The number of rotatable bonds is 6. The summed E-state index contributed by atoms with van der Waals surface area (Å²) in [6.07, 6.45) is 7.41. The second-order valence-corrected chi connectivity index (χ2v) is 7.01. The van der Waals surface area contributed by atoms with Crippen molar-refractivity contribution in [3.05, 3.63) is 60.0 Å². The summed E-state index contributed by atoms with van der Waals surface area (Å²) in [5.41, 5.74) is 4.81. The first-order valence-electron chi connectivity index (χ1n) is 9.94. The lowest BCUT2D eigenvalue weighted by atomic mass is 10.0. The van der Waals surface area contributed by atoms with Crippen molar-refractivity contribution in [2.45, 2.75) is 26.8 Å². The molecule has 3 aromatic heterocycles. The van der Waals surface area contributed by atoms with Gasteiger partial charge in [0.05, 0.1) is 28.8 Å². The van der Waals surface area contributed by atoms with Gasteiger partial charge in [-0.15, -0.1) is 12.4 Å². The Kier molecular flexibility index (Phi) is 6.18. The molecule has 1 aromatic carbocycles. The zero-order valence-electron chi connectivity index (χ0n) is 17.5. The molecule has 1 aliphatic rings. The van der Waals surface area contributed by atoms with Crippen LogP contribution in [-0.4, -0.2) is 31.9 Å². The van der Waals surface area contributed by atoms with Gasteiger partial charge in [-0.3, -0.25) is 9.97 Å². The first-order chi connectivity index (χ1) is 15.2. The summed E-state index contributed by atoms with van der Waals surface area (Å²) in [4.78, 5) is 17.9. The molecule has 4 aromatic rings. The van der Waals surface area contributed by atoms with Crippen LogP contribution in [-0.2, 0) is 13.0 Å². The van der Waals surface area contributed by atoms with Crippen LogP contribution in [0.4, 0.5) is 5.95 Å². The zero-order chi connectivity index (χ0) is 21.2. The van der Waals surface area contributed by atoms with Crippen LogP contribution in [0.2, 0.25) is 0 Å². The molecule has 164 valence electrons. The van der Waals surface area contributed by atoms with E-state index in [1.54, 1.807) is 24.8 Å². The third-order valence-electron chi connectivity index (χ3n) is 5.01. The van der Waals surface area contributed by atoms with Crippen LogP contribution in [0, 0.1) is 6.92 Å². The van der Waals surface area contributed by atoms with Crippen LogP contribution in [0.1, 0.15) is 23.9 Å². The molecule has 9 nitrogen and oxygen atoms in total. The molecule has 4 heterocycles. The first-order valence-corrected chi connectivity index (χ1v) is 9.94. The van der Waals surface area contributed by atoms with Gasteiger partial charge in [-0.25, -0.2) is 9.97 Å². The topological polar surface area (TPSA) is 108 Å². The van der Waals surface area contributed by atoms with E-state index in [-0.39, 0.29) is 19.2 Å². The molecule has 0 atom stereocenters. The van der Waals surface area contributed by atoms with Gasteiger partial charge in [0.25, 0.3) is 0 Å². The third-order valence-corrected chi connectivity index (χ3v) is 5.01. The number of nitrogens with one attached hydrogen (secondary N) is 1. The summed E-state index contributed by atoms with van der Waals surface area (Å²) in [5.74, 6) is 2.75. The van der Waals surface area contributed by atoms with Crippen molar-refractivity contribution < 1.29 is 14.0 Å². The average molecular weight is 453 g/mol. The average Bonchev–Trinajstić information content (AvgIpc) is 3.43. The van der Waals surface area contributed by atoms with Crippen LogP contribution in [0.15, 0.2) is 47.5 Å². The number of ether oxygens (including phenoxy) is 2. The molecule has 0 unspecified atom stereocenters. The number of anilines is 1. The highest BCUT2D eigenvalue weighted by Gasteiger charge is 2.21. The lowest BCUT2D eigenvalue weighted by Gasteiger charge is -2.11. The van der Waals surface area contributed by atoms with E-state index in [2.05, 4.69) is 25.4 Å². The number of aromatic nitrogens is 5.